The molecule has 21 heavy (non-hydrogen) atoms. The van der Waals surface area contributed by atoms with Crippen molar-refractivity contribution in [1.82, 2.24) is 4.98 Å². The SMILES string of the molecule is Cc1cccc(-c2cc(Br)cc3c2[nH]c2ccccc23)c1. The molecule has 2 heteroatoms. The molecule has 3 aromatic carbocycles. The van der Waals surface area contributed by atoms with Crippen molar-refractivity contribution in [3.05, 3.63) is 70.7 Å². The predicted molar refractivity (Wildman–Crippen MR) is 93.7 cm³/mol. The zero-order chi connectivity index (χ0) is 14.4. The molecule has 102 valence electrons. The van der Waals surface area contributed by atoms with Gasteiger partial charge in [-0.05, 0) is 30.7 Å². The van der Waals surface area contributed by atoms with E-state index in [0.717, 1.165) is 4.47 Å². The van der Waals surface area contributed by atoms with Gasteiger partial charge in [0.2, 0.25) is 0 Å². The number of hydrogen-bond acceptors (Lipinski definition) is 0. The number of aryl methyl sites for hydroxylation is 1. The Bertz CT molecular complexity index is 966. The Hall–Kier alpha value is -2.06. The van der Waals surface area contributed by atoms with Crippen LogP contribution in [0.2, 0.25) is 0 Å². The summed E-state index contributed by atoms with van der Waals surface area (Å²) in [4.78, 5) is 3.57. The first kappa shape index (κ1) is 12.7. The Morgan fingerprint density at radius 3 is 2.57 bits per heavy atom. The summed E-state index contributed by atoms with van der Waals surface area (Å²) < 4.78 is 1.11. The molecule has 0 unspecified atom stereocenters. The molecule has 1 N–H and O–H groups in total. The molecule has 0 fully saturated rings. The number of para-hydroxylation sites is 1. The first-order valence-corrected chi connectivity index (χ1v) is 7.79. The molecule has 0 bridgehead atoms. The van der Waals surface area contributed by atoms with Gasteiger partial charge in [-0.1, -0.05) is 64.0 Å². The van der Waals surface area contributed by atoms with Crippen molar-refractivity contribution >= 4 is 37.7 Å². The fourth-order valence-corrected chi connectivity index (χ4v) is 3.41. The third kappa shape index (κ3) is 2.07. The van der Waals surface area contributed by atoms with Crippen molar-refractivity contribution in [2.24, 2.45) is 0 Å². The van der Waals surface area contributed by atoms with Gasteiger partial charge in [-0.15, -0.1) is 0 Å². The first-order chi connectivity index (χ1) is 10.2. The van der Waals surface area contributed by atoms with Crippen LogP contribution < -0.4 is 0 Å². The summed E-state index contributed by atoms with van der Waals surface area (Å²) in [6, 6.07) is 21.5. The lowest BCUT2D eigenvalue weighted by atomic mass is 10.0. The summed E-state index contributed by atoms with van der Waals surface area (Å²) in [7, 11) is 0. The maximum absolute atomic E-state index is 3.66. The summed E-state index contributed by atoms with van der Waals surface area (Å²) in [5, 5.41) is 2.53. The van der Waals surface area contributed by atoms with E-state index in [1.807, 2.05) is 0 Å². The van der Waals surface area contributed by atoms with Gasteiger partial charge < -0.3 is 4.98 Å². The Labute approximate surface area is 131 Å². The molecule has 4 aromatic rings. The monoisotopic (exact) mass is 335 g/mol. The molecular weight excluding hydrogens is 322 g/mol. The van der Waals surface area contributed by atoms with E-state index in [0.29, 0.717) is 0 Å². The Morgan fingerprint density at radius 2 is 1.71 bits per heavy atom. The minimum Gasteiger partial charge on any atom is -0.354 e. The third-order valence-electron chi connectivity index (χ3n) is 3.91. The van der Waals surface area contributed by atoms with Gasteiger partial charge in [0.25, 0.3) is 0 Å². The quantitative estimate of drug-likeness (QED) is 0.435. The van der Waals surface area contributed by atoms with Crippen molar-refractivity contribution in [3.8, 4) is 11.1 Å². The molecule has 1 aromatic heterocycles. The second-order valence-corrected chi connectivity index (χ2v) is 6.33. The van der Waals surface area contributed by atoms with E-state index in [1.165, 1.54) is 38.5 Å². The van der Waals surface area contributed by atoms with Crippen molar-refractivity contribution in [3.63, 3.8) is 0 Å². The van der Waals surface area contributed by atoms with Crippen LogP contribution in [0.1, 0.15) is 5.56 Å². The van der Waals surface area contributed by atoms with Crippen LogP contribution in [0.15, 0.2) is 65.1 Å². The molecule has 0 spiro atoms. The highest BCUT2D eigenvalue weighted by atomic mass is 79.9. The minimum atomic E-state index is 1.11. The topological polar surface area (TPSA) is 15.8 Å². The third-order valence-corrected chi connectivity index (χ3v) is 4.37. The standard InChI is InChI=1S/C19H14BrN/c1-12-5-4-6-13(9-12)16-10-14(20)11-17-15-7-2-3-8-18(15)21-19(16)17/h2-11,21H,1H3. The van der Waals surface area contributed by atoms with Gasteiger partial charge in [-0.3, -0.25) is 0 Å². The lowest BCUT2D eigenvalue weighted by Crippen LogP contribution is -1.82. The average Bonchev–Trinajstić information content (AvgIpc) is 2.85. The molecule has 4 rings (SSSR count). The van der Waals surface area contributed by atoms with Crippen molar-refractivity contribution in [2.45, 2.75) is 6.92 Å². The van der Waals surface area contributed by atoms with E-state index >= 15 is 0 Å². The van der Waals surface area contributed by atoms with Crippen LogP contribution in [0.4, 0.5) is 0 Å². The number of aromatic amines is 1. The summed E-state index contributed by atoms with van der Waals surface area (Å²) in [6.07, 6.45) is 0. The van der Waals surface area contributed by atoms with Gasteiger partial charge in [0.15, 0.2) is 0 Å². The van der Waals surface area contributed by atoms with Crippen LogP contribution in [0.5, 0.6) is 0 Å². The van der Waals surface area contributed by atoms with Gasteiger partial charge in [-0.25, -0.2) is 0 Å². The summed E-state index contributed by atoms with van der Waals surface area (Å²) >= 11 is 3.66. The number of hydrogen-bond donors (Lipinski definition) is 1. The van der Waals surface area contributed by atoms with Crippen molar-refractivity contribution < 1.29 is 0 Å². The lowest BCUT2D eigenvalue weighted by molar-refractivity contribution is 1.46. The van der Waals surface area contributed by atoms with Crippen LogP contribution >= 0.6 is 15.9 Å². The summed E-state index contributed by atoms with van der Waals surface area (Å²) in [5.41, 5.74) is 6.13. The zero-order valence-corrected chi connectivity index (χ0v) is 13.2. The predicted octanol–water partition coefficient (Wildman–Crippen LogP) is 6.06. The Morgan fingerprint density at radius 1 is 0.857 bits per heavy atom. The second kappa shape index (κ2) is 4.74. The molecule has 0 aliphatic rings. The number of rotatable bonds is 1. The van der Waals surface area contributed by atoms with E-state index in [1.54, 1.807) is 0 Å². The lowest BCUT2D eigenvalue weighted by Gasteiger charge is -2.06. The van der Waals surface area contributed by atoms with E-state index in [4.69, 9.17) is 0 Å². The molecule has 1 heterocycles. The second-order valence-electron chi connectivity index (χ2n) is 5.42. The van der Waals surface area contributed by atoms with Crippen LogP contribution in [0, 0.1) is 6.92 Å². The Balaban J connectivity index is 2.13. The van der Waals surface area contributed by atoms with Crippen LogP contribution in [-0.4, -0.2) is 4.98 Å². The molecule has 0 radical (unpaired) electrons. The number of fused-ring (bicyclic) bond motifs is 3. The highest BCUT2D eigenvalue weighted by Crippen LogP contribution is 2.36. The molecule has 0 atom stereocenters. The number of nitrogens with one attached hydrogen (secondary N) is 1. The van der Waals surface area contributed by atoms with Crippen LogP contribution in [0.3, 0.4) is 0 Å². The molecule has 1 nitrogen and oxygen atoms in total. The molecule has 0 aliphatic heterocycles. The number of halogens is 1. The van der Waals surface area contributed by atoms with Crippen LogP contribution in [-0.2, 0) is 0 Å². The van der Waals surface area contributed by atoms with Crippen molar-refractivity contribution in [2.75, 3.05) is 0 Å². The van der Waals surface area contributed by atoms with E-state index in [-0.39, 0.29) is 0 Å². The summed E-state index contributed by atoms with van der Waals surface area (Å²) in [5.74, 6) is 0. The maximum Gasteiger partial charge on any atom is 0.0545 e. The van der Waals surface area contributed by atoms with Crippen molar-refractivity contribution in [1.29, 1.82) is 0 Å². The van der Waals surface area contributed by atoms with Gasteiger partial charge in [0, 0.05) is 26.3 Å². The normalized spacial score (nSPS) is 11.3. The van der Waals surface area contributed by atoms with E-state index in [9.17, 15) is 0 Å². The first-order valence-electron chi connectivity index (χ1n) is 6.99. The number of H-pyrrole nitrogens is 1. The largest absolute Gasteiger partial charge is 0.354 e. The fourth-order valence-electron chi connectivity index (χ4n) is 2.96. The molecule has 0 saturated heterocycles. The van der Waals surface area contributed by atoms with Crippen LogP contribution in [0.25, 0.3) is 32.9 Å². The highest BCUT2D eigenvalue weighted by Gasteiger charge is 2.11. The fraction of sp³-hybridized carbons (Fsp3) is 0.0526. The zero-order valence-electron chi connectivity index (χ0n) is 11.7. The summed E-state index contributed by atoms with van der Waals surface area (Å²) in [6.45, 7) is 2.13. The molecule has 0 amide bonds. The number of benzene rings is 3. The van der Waals surface area contributed by atoms with Gasteiger partial charge in [0.1, 0.15) is 0 Å². The van der Waals surface area contributed by atoms with Gasteiger partial charge in [0.05, 0.1) is 5.52 Å². The van der Waals surface area contributed by atoms with Gasteiger partial charge in [-0.2, -0.15) is 0 Å². The van der Waals surface area contributed by atoms with E-state index < -0.39 is 0 Å². The molecular formula is C19H14BrN. The van der Waals surface area contributed by atoms with E-state index in [2.05, 4.69) is 88.5 Å². The van der Waals surface area contributed by atoms with Gasteiger partial charge >= 0.3 is 0 Å². The smallest absolute Gasteiger partial charge is 0.0545 e. The molecule has 0 saturated carbocycles. The highest BCUT2D eigenvalue weighted by molar-refractivity contribution is 9.10. The maximum atomic E-state index is 3.66. The minimum absolute atomic E-state index is 1.11. The Kier molecular flexibility index (Phi) is 2.86. The number of aromatic nitrogens is 1. The average molecular weight is 336 g/mol. The molecule has 0 aliphatic carbocycles.